The van der Waals surface area contributed by atoms with Crippen molar-refractivity contribution >= 4 is 34.8 Å². The fourth-order valence-corrected chi connectivity index (χ4v) is 0.795. The Hall–Kier alpha value is -0.480. The molecule has 0 radical (unpaired) electrons. The summed E-state index contributed by atoms with van der Waals surface area (Å²) in [5.41, 5.74) is 0. The molecule has 0 spiro atoms. The van der Waals surface area contributed by atoms with E-state index in [9.17, 15) is 0 Å². The second kappa shape index (κ2) is 19.1. The summed E-state index contributed by atoms with van der Waals surface area (Å²) in [6.45, 7) is 2.59. The van der Waals surface area contributed by atoms with E-state index >= 15 is 0 Å². The molecule has 4 nitrogen and oxygen atoms in total. The van der Waals surface area contributed by atoms with Crippen molar-refractivity contribution in [1.29, 1.82) is 0 Å². The van der Waals surface area contributed by atoms with Gasteiger partial charge in [0.25, 0.3) is 0 Å². The number of hydrogen-bond acceptors (Lipinski definition) is 2. The Morgan fingerprint density at radius 3 is 1.20 bits per heavy atom. The number of hydrogen-bond donors (Lipinski definition) is 2. The third-order valence-corrected chi connectivity index (χ3v) is 1.35. The van der Waals surface area contributed by atoms with Crippen molar-refractivity contribution in [2.45, 2.75) is 6.42 Å². The van der Waals surface area contributed by atoms with Crippen LogP contribution in [0.1, 0.15) is 6.42 Å². The van der Waals surface area contributed by atoms with Gasteiger partial charge in [0.2, 0.25) is 0 Å². The molecule has 0 aliphatic heterocycles. The van der Waals surface area contributed by atoms with Gasteiger partial charge in [-0.25, -0.2) is 0 Å². The average molecular weight is 248 g/mol. The SMILES string of the molecule is C[NH+](C)CCC[NH+](C)C.[N-]=C=S.[N-]=C=S. The van der Waals surface area contributed by atoms with Gasteiger partial charge in [0.1, 0.15) is 0 Å². The number of isothiocyanates is 2. The molecule has 0 fully saturated rings. The Bertz CT molecular complexity index is 161. The molecule has 0 aromatic carbocycles. The summed E-state index contributed by atoms with van der Waals surface area (Å²) >= 11 is 7.40. The molecular weight excluding hydrogens is 228 g/mol. The van der Waals surface area contributed by atoms with E-state index in [2.05, 4.69) is 52.6 Å². The lowest BCUT2D eigenvalue weighted by Crippen LogP contribution is -3.09. The van der Waals surface area contributed by atoms with Crippen LogP contribution in [0, 0.1) is 0 Å². The fraction of sp³-hybridized carbons (Fsp3) is 0.778. The van der Waals surface area contributed by atoms with E-state index in [-0.39, 0.29) is 0 Å². The second-order valence-corrected chi connectivity index (χ2v) is 3.82. The van der Waals surface area contributed by atoms with Gasteiger partial charge < -0.3 is 20.6 Å². The quantitative estimate of drug-likeness (QED) is 0.494. The Labute approximate surface area is 103 Å². The summed E-state index contributed by atoms with van der Waals surface area (Å²) in [4.78, 5) is 3.10. The van der Waals surface area contributed by atoms with Gasteiger partial charge in [0.15, 0.2) is 0 Å². The van der Waals surface area contributed by atoms with Crippen molar-refractivity contribution in [2.24, 2.45) is 0 Å². The molecule has 0 bridgehead atoms. The van der Waals surface area contributed by atoms with Crippen molar-refractivity contribution in [3.8, 4) is 0 Å². The first kappa shape index (κ1) is 20.0. The zero-order valence-corrected chi connectivity index (χ0v) is 11.5. The predicted molar refractivity (Wildman–Crippen MR) is 71.9 cm³/mol. The minimum absolute atomic E-state index is 1.30. The first-order valence-electron chi connectivity index (χ1n) is 4.56. The standard InChI is InChI=1S/C7H18N2.2CNS/c1-8(2)6-5-7-9(3)4;2*2-1-3/h5-7H2,1-4H3;;/q;2*-1/p+2. The van der Waals surface area contributed by atoms with Crippen LogP contribution in [0.15, 0.2) is 0 Å². The molecule has 0 aliphatic carbocycles. The highest BCUT2D eigenvalue weighted by atomic mass is 32.1. The minimum atomic E-state index is 1.30. The molecule has 0 amide bonds. The second-order valence-electron chi connectivity index (χ2n) is 3.45. The van der Waals surface area contributed by atoms with Crippen LogP contribution in [0.2, 0.25) is 0 Å². The largest absolute Gasteiger partial charge is 0.753 e. The highest BCUT2D eigenvalue weighted by Crippen LogP contribution is 1.59. The van der Waals surface area contributed by atoms with Gasteiger partial charge in [-0.2, -0.15) is 10.3 Å². The van der Waals surface area contributed by atoms with Crippen molar-refractivity contribution < 1.29 is 9.80 Å². The molecule has 0 unspecified atom stereocenters. The van der Waals surface area contributed by atoms with Crippen LogP contribution in [-0.2, 0) is 0 Å². The molecule has 15 heavy (non-hydrogen) atoms. The maximum absolute atomic E-state index is 7.13. The highest BCUT2D eigenvalue weighted by molar-refractivity contribution is 7.78. The number of quaternary nitrogens is 2. The van der Waals surface area contributed by atoms with E-state index in [1.807, 2.05) is 0 Å². The van der Waals surface area contributed by atoms with E-state index in [4.69, 9.17) is 10.8 Å². The van der Waals surface area contributed by atoms with Gasteiger partial charge >= 0.3 is 0 Å². The molecule has 0 aromatic rings. The third-order valence-electron chi connectivity index (χ3n) is 1.35. The monoisotopic (exact) mass is 248 g/mol. The van der Waals surface area contributed by atoms with E-state index in [1.165, 1.54) is 29.8 Å². The van der Waals surface area contributed by atoms with Gasteiger partial charge in [-0.3, -0.25) is 0 Å². The van der Waals surface area contributed by atoms with E-state index in [0.29, 0.717) is 0 Å². The van der Waals surface area contributed by atoms with E-state index < -0.39 is 0 Å². The van der Waals surface area contributed by atoms with Crippen LogP contribution in [0.25, 0.3) is 10.8 Å². The molecule has 0 aromatic heterocycles. The van der Waals surface area contributed by atoms with Crippen LogP contribution in [0.5, 0.6) is 0 Å². The molecular formula is C9H20N4S2. The zero-order valence-electron chi connectivity index (χ0n) is 9.83. The number of thiocarbonyl (C=S) groups is 2. The van der Waals surface area contributed by atoms with Crippen LogP contribution in [-0.4, -0.2) is 51.6 Å². The topological polar surface area (TPSA) is 53.5 Å². The van der Waals surface area contributed by atoms with Crippen LogP contribution >= 0.6 is 24.4 Å². The van der Waals surface area contributed by atoms with E-state index in [0.717, 1.165) is 0 Å². The molecule has 0 atom stereocenters. The Morgan fingerprint density at radius 1 is 0.867 bits per heavy atom. The maximum Gasteiger partial charge on any atom is 0.0821 e. The Morgan fingerprint density at radius 2 is 1.07 bits per heavy atom. The van der Waals surface area contributed by atoms with Gasteiger partial charge in [-0.05, 0) is 0 Å². The first-order valence-corrected chi connectivity index (χ1v) is 5.38. The number of nitrogens with zero attached hydrogens (tertiary/aromatic N) is 2. The lowest BCUT2D eigenvalue weighted by molar-refractivity contribution is -0.879. The maximum atomic E-state index is 7.13. The van der Waals surface area contributed by atoms with Crippen molar-refractivity contribution in [2.75, 3.05) is 41.3 Å². The smallest absolute Gasteiger partial charge is 0.0821 e. The molecule has 0 saturated carbocycles. The predicted octanol–water partition coefficient (Wildman–Crippen LogP) is -1.02. The number of nitrogens with one attached hydrogen (secondary N) is 2. The minimum Gasteiger partial charge on any atom is -0.753 e. The summed E-state index contributed by atoms with van der Waals surface area (Å²) < 4.78 is 0. The lowest BCUT2D eigenvalue weighted by Gasteiger charge is -2.08. The average Bonchev–Trinajstić information content (AvgIpc) is 2.05. The normalized spacial score (nSPS) is 7.87. The zero-order chi connectivity index (χ0) is 12.7. The fourth-order valence-electron chi connectivity index (χ4n) is 0.795. The van der Waals surface area contributed by atoms with Crippen molar-refractivity contribution in [3.05, 3.63) is 10.8 Å². The van der Waals surface area contributed by atoms with Crippen molar-refractivity contribution in [3.63, 3.8) is 0 Å². The Balaban J connectivity index is -0.000000200. The van der Waals surface area contributed by atoms with Crippen LogP contribution < -0.4 is 9.80 Å². The molecule has 0 heterocycles. The van der Waals surface area contributed by atoms with Gasteiger partial charge in [0.05, 0.1) is 41.3 Å². The summed E-state index contributed by atoms with van der Waals surface area (Å²) in [6.07, 6.45) is 1.34. The highest BCUT2D eigenvalue weighted by Gasteiger charge is 1.95. The van der Waals surface area contributed by atoms with E-state index in [1.54, 1.807) is 9.80 Å². The summed E-state index contributed by atoms with van der Waals surface area (Å²) in [7, 11) is 8.80. The van der Waals surface area contributed by atoms with Crippen LogP contribution in [0.4, 0.5) is 0 Å². The molecule has 6 heteroatoms. The van der Waals surface area contributed by atoms with Crippen molar-refractivity contribution in [1.82, 2.24) is 0 Å². The van der Waals surface area contributed by atoms with Crippen LogP contribution in [0.3, 0.4) is 0 Å². The summed E-state index contributed by atoms with van der Waals surface area (Å²) in [5, 5.41) is 16.9. The van der Waals surface area contributed by atoms with Gasteiger partial charge in [0, 0.05) is 6.42 Å². The Kier molecular flexibility index (Phi) is 25.5. The molecule has 0 aliphatic rings. The molecule has 2 N–H and O–H groups in total. The lowest BCUT2D eigenvalue weighted by atomic mass is 10.4. The number of rotatable bonds is 4. The summed E-state index contributed by atoms with van der Waals surface area (Å²) in [6, 6.07) is 0. The summed E-state index contributed by atoms with van der Waals surface area (Å²) in [5.74, 6) is 0. The molecule has 0 saturated heterocycles. The molecule has 0 rings (SSSR count). The third kappa shape index (κ3) is 58.9. The van der Waals surface area contributed by atoms with Gasteiger partial charge in [-0.1, -0.05) is 24.4 Å². The molecule has 88 valence electrons. The first-order chi connectivity index (χ1) is 6.95. The van der Waals surface area contributed by atoms with Gasteiger partial charge in [-0.15, -0.1) is 0 Å².